The molecule has 0 aliphatic carbocycles. The van der Waals surface area contributed by atoms with Crippen molar-refractivity contribution < 1.29 is 9.53 Å². The molecule has 4 nitrogen and oxygen atoms in total. The van der Waals surface area contributed by atoms with E-state index in [9.17, 15) is 4.79 Å². The molecule has 17 heavy (non-hydrogen) atoms. The van der Waals surface area contributed by atoms with E-state index in [0.717, 1.165) is 30.1 Å². The highest BCUT2D eigenvalue weighted by molar-refractivity contribution is 5.94. The van der Waals surface area contributed by atoms with Crippen molar-refractivity contribution >= 4 is 11.6 Å². The second-order valence-corrected chi connectivity index (χ2v) is 4.28. The van der Waals surface area contributed by atoms with E-state index in [0.29, 0.717) is 6.61 Å². The van der Waals surface area contributed by atoms with Crippen LogP contribution in [0.3, 0.4) is 0 Å². The number of carbonyl (C=O) groups excluding carboxylic acids is 1. The number of hydrogen-bond donors (Lipinski definition) is 2. The van der Waals surface area contributed by atoms with Crippen LogP contribution in [0.1, 0.15) is 12.5 Å². The maximum Gasteiger partial charge on any atom is 0.230 e. The molecular formula is C13H18N2O2. The summed E-state index contributed by atoms with van der Waals surface area (Å²) < 4.78 is 5.52. The van der Waals surface area contributed by atoms with Crippen LogP contribution in [0.15, 0.2) is 18.2 Å². The predicted molar refractivity (Wildman–Crippen MR) is 67.3 cm³/mol. The fourth-order valence-corrected chi connectivity index (χ4v) is 1.72. The van der Waals surface area contributed by atoms with Crippen LogP contribution < -0.4 is 15.4 Å². The molecule has 0 radical (unpaired) electrons. The van der Waals surface area contributed by atoms with Crippen LogP contribution in [0, 0.1) is 12.8 Å². The number of aryl methyl sites for hydroxylation is 1. The molecule has 1 aromatic rings. The molecule has 0 aromatic heterocycles. The van der Waals surface area contributed by atoms with Gasteiger partial charge in [0, 0.05) is 13.1 Å². The lowest BCUT2D eigenvalue weighted by atomic mass is 10.0. The van der Waals surface area contributed by atoms with Crippen molar-refractivity contribution in [2.24, 2.45) is 5.92 Å². The number of ether oxygens (including phenoxy) is 1. The van der Waals surface area contributed by atoms with Gasteiger partial charge >= 0.3 is 0 Å². The standard InChI is InChI=1S/C13H18N2O2/c1-3-17-12-6-9(2)4-5-11(12)15-13(16)10-7-14-8-10/h4-6,10,14H,3,7-8H2,1-2H3,(H,15,16). The Labute approximate surface area is 101 Å². The van der Waals surface area contributed by atoms with Crippen LogP contribution in [-0.2, 0) is 4.79 Å². The zero-order chi connectivity index (χ0) is 12.3. The molecule has 4 heteroatoms. The third-order valence-electron chi connectivity index (χ3n) is 2.85. The molecule has 2 rings (SSSR count). The largest absolute Gasteiger partial charge is 0.492 e. The Morgan fingerprint density at radius 2 is 2.29 bits per heavy atom. The highest BCUT2D eigenvalue weighted by atomic mass is 16.5. The zero-order valence-corrected chi connectivity index (χ0v) is 10.2. The predicted octanol–water partition coefficient (Wildman–Crippen LogP) is 1.55. The second-order valence-electron chi connectivity index (χ2n) is 4.28. The third-order valence-corrected chi connectivity index (χ3v) is 2.85. The monoisotopic (exact) mass is 234 g/mol. The number of anilines is 1. The Hall–Kier alpha value is -1.55. The lowest BCUT2D eigenvalue weighted by molar-refractivity contribution is -0.121. The minimum atomic E-state index is 0.0635. The first-order valence-corrected chi connectivity index (χ1v) is 5.95. The molecular weight excluding hydrogens is 216 g/mol. The molecule has 92 valence electrons. The molecule has 1 fully saturated rings. The van der Waals surface area contributed by atoms with E-state index < -0.39 is 0 Å². The average molecular weight is 234 g/mol. The molecule has 0 bridgehead atoms. The van der Waals surface area contributed by atoms with E-state index >= 15 is 0 Å². The first-order valence-electron chi connectivity index (χ1n) is 5.95. The van der Waals surface area contributed by atoms with Gasteiger partial charge in [-0.2, -0.15) is 0 Å². The van der Waals surface area contributed by atoms with Crippen LogP contribution in [0.2, 0.25) is 0 Å². The molecule has 1 heterocycles. The number of benzene rings is 1. The Balaban J connectivity index is 2.10. The van der Waals surface area contributed by atoms with Crippen molar-refractivity contribution in [3.8, 4) is 5.75 Å². The fourth-order valence-electron chi connectivity index (χ4n) is 1.72. The summed E-state index contributed by atoms with van der Waals surface area (Å²) in [6.07, 6.45) is 0. The first-order chi connectivity index (χ1) is 8.20. The van der Waals surface area contributed by atoms with Crippen molar-refractivity contribution in [3.63, 3.8) is 0 Å². The Morgan fingerprint density at radius 1 is 1.53 bits per heavy atom. The smallest absolute Gasteiger partial charge is 0.230 e. The van der Waals surface area contributed by atoms with Gasteiger partial charge in [0.25, 0.3) is 0 Å². The molecule has 0 spiro atoms. The van der Waals surface area contributed by atoms with Crippen molar-refractivity contribution in [1.29, 1.82) is 0 Å². The van der Waals surface area contributed by atoms with Crippen molar-refractivity contribution in [2.75, 3.05) is 25.0 Å². The molecule has 1 aliphatic rings. The number of amides is 1. The van der Waals surface area contributed by atoms with E-state index in [1.165, 1.54) is 0 Å². The lowest BCUT2D eigenvalue weighted by Gasteiger charge is -2.26. The van der Waals surface area contributed by atoms with E-state index in [4.69, 9.17) is 4.74 Å². The van der Waals surface area contributed by atoms with E-state index in [2.05, 4.69) is 10.6 Å². The van der Waals surface area contributed by atoms with Crippen LogP contribution in [-0.4, -0.2) is 25.6 Å². The van der Waals surface area contributed by atoms with Gasteiger partial charge in [-0.25, -0.2) is 0 Å². The number of hydrogen-bond acceptors (Lipinski definition) is 3. The van der Waals surface area contributed by atoms with E-state index in [1.54, 1.807) is 0 Å². The van der Waals surface area contributed by atoms with Crippen LogP contribution in [0.4, 0.5) is 5.69 Å². The number of carbonyl (C=O) groups is 1. The maximum absolute atomic E-state index is 11.8. The first kappa shape index (κ1) is 11.9. The maximum atomic E-state index is 11.8. The Kier molecular flexibility index (Phi) is 3.64. The minimum Gasteiger partial charge on any atom is -0.492 e. The topological polar surface area (TPSA) is 50.4 Å². The molecule has 0 saturated carbocycles. The fraction of sp³-hybridized carbons (Fsp3) is 0.462. The summed E-state index contributed by atoms with van der Waals surface area (Å²) in [6, 6.07) is 5.81. The highest BCUT2D eigenvalue weighted by Gasteiger charge is 2.25. The molecule has 0 atom stereocenters. The van der Waals surface area contributed by atoms with Crippen LogP contribution in [0.5, 0.6) is 5.75 Å². The Bertz CT molecular complexity index is 414. The summed E-state index contributed by atoms with van der Waals surface area (Å²) >= 11 is 0. The molecule has 2 N–H and O–H groups in total. The van der Waals surface area contributed by atoms with Gasteiger partial charge in [-0.1, -0.05) is 6.07 Å². The second kappa shape index (κ2) is 5.19. The molecule has 0 unspecified atom stereocenters. The van der Waals surface area contributed by atoms with Gasteiger partial charge in [0.1, 0.15) is 5.75 Å². The normalized spacial score (nSPS) is 15.2. The molecule has 1 aromatic carbocycles. The Morgan fingerprint density at radius 3 is 2.88 bits per heavy atom. The summed E-state index contributed by atoms with van der Waals surface area (Å²) in [5, 5.41) is 6.01. The SMILES string of the molecule is CCOc1cc(C)ccc1NC(=O)C1CNC1. The van der Waals surface area contributed by atoms with Gasteiger partial charge in [-0.05, 0) is 31.5 Å². The molecule has 1 amide bonds. The summed E-state index contributed by atoms with van der Waals surface area (Å²) in [4.78, 5) is 11.8. The van der Waals surface area contributed by atoms with Gasteiger partial charge < -0.3 is 15.4 Å². The van der Waals surface area contributed by atoms with Crippen molar-refractivity contribution in [1.82, 2.24) is 5.32 Å². The van der Waals surface area contributed by atoms with Crippen molar-refractivity contribution in [2.45, 2.75) is 13.8 Å². The third kappa shape index (κ3) is 2.77. The quantitative estimate of drug-likeness (QED) is 0.831. The zero-order valence-electron chi connectivity index (χ0n) is 10.2. The molecule has 1 aliphatic heterocycles. The summed E-state index contributed by atoms with van der Waals surface area (Å²) in [5.74, 6) is 0.896. The highest BCUT2D eigenvalue weighted by Crippen LogP contribution is 2.26. The molecule has 1 saturated heterocycles. The van der Waals surface area contributed by atoms with Crippen molar-refractivity contribution in [3.05, 3.63) is 23.8 Å². The van der Waals surface area contributed by atoms with Gasteiger partial charge in [-0.15, -0.1) is 0 Å². The summed E-state index contributed by atoms with van der Waals surface area (Å²) in [7, 11) is 0. The summed E-state index contributed by atoms with van der Waals surface area (Å²) in [5.41, 5.74) is 1.88. The van der Waals surface area contributed by atoms with E-state index in [1.807, 2.05) is 32.0 Å². The number of rotatable bonds is 4. The van der Waals surface area contributed by atoms with Gasteiger partial charge in [0.05, 0.1) is 18.2 Å². The van der Waals surface area contributed by atoms with Crippen LogP contribution >= 0.6 is 0 Å². The van der Waals surface area contributed by atoms with Gasteiger partial charge in [0.2, 0.25) is 5.91 Å². The average Bonchev–Trinajstić information content (AvgIpc) is 2.20. The van der Waals surface area contributed by atoms with Gasteiger partial charge in [0.15, 0.2) is 0 Å². The minimum absolute atomic E-state index is 0.0635. The van der Waals surface area contributed by atoms with Crippen LogP contribution in [0.25, 0.3) is 0 Å². The number of nitrogens with one attached hydrogen (secondary N) is 2. The lowest BCUT2D eigenvalue weighted by Crippen LogP contribution is -2.48. The van der Waals surface area contributed by atoms with E-state index in [-0.39, 0.29) is 11.8 Å². The van der Waals surface area contributed by atoms with Gasteiger partial charge in [-0.3, -0.25) is 4.79 Å². The summed E-state index contributed by atoms with van der Waals surface area (Å²) in [6.45, 7) is 6.06.